The highest BCUT2D eigenvalue weighted by Gasteiger charge is 2.28. The summed E-state index contributed by atoms with van der Waals surface area (Å²) in [6.07, 6.45) is 0.820. The second kappa shape index (κ2) is 5.96. The van der Waals surface area contributed by atoms with Crippen LogP contribution in [0, 0.1) is 6.92 Å². The summed E-state index contributed by atoms with van der Waals surface area (Å²) < 4.78 is 3.21. The van der Waals surface area contributed by atoms with Gasteiger partial charge in [0.05, 0.1) is 22.5 Å². The Kier molecular flexibility index (Phi) is 3.97. The molecular formula is C18H19N3O3. The Bertz CT molecular complexity index is 1020. The highest BCUT2D eigenvalue weighted by Crippen LogP contribution is 2.25. The number of aromatic nitrogens is 2. The molecule has 6 heteroatoms. The van der Waals surface area contributed by atoms with E-state index in [4.69, 9.17) is 0 Å². The van der Waals surface area contributed by atoms with Crippen molar-refractivity contribution in [1.82, 2.24) is 9.36 Å². The van der Waals surface area contributed by atoms with Gasteiger partial charge in [0.15, 0.2) is 0 Å². The molecule has 0 aliphatic rings. The van der Waals surface area contributed by atoms with E-state index in [-0.39, 0.29) is 16.8 Å². The third kappa shape index (κ3) is 2.22. The molecule has 6 nitrogen and oxygen atoms in total. The van der Waals surface area contributed by atoms with E-state index in [2.05, 4.69) is 5.32 Å². The van der Waals surface area contributed by atoms with E-state index in [1.807, 2.05) is 37.3 Å². The van der Waals surface area contributed by atoms with E-state index in [0.29, 0.717) is 23.5 Å². The number of hydrogen-bond acceptors (Lipinski definition) is 4. The summed E-state index contributed by atoms with van der Waals surface area (Å²) in [4.78, 5) is 36.9. The number of para-hydroxylation sites is 1. The van der Waals surface area contributed by atoms with Crippen molar-refractivity contribution >= 4 is 5.69 Å². The van der Waals surface area contributed by atoms with Crippen LogP contribution >= 0.6 is 0 Å². The van der Waals surface area contributed by atoms with E-state index < -0.39 is 10.9 Å². The monoisotopic (exact) mass is 325 g/mol. The first-order valence-electron chi connectivity index (χ1n) is 7.90. The van der Waals surface area contributed by atoms with E-state index >= 15 is 0 Å². The first kappa shape index (κ1) is 16.0. The van der Waals surface area contributed by atoms with Crippen molar-refractivity contribution in [2.45, 2.75) is 20.3 Å². The Morgan fingerprint density at radius 2 is 1.67 bits per heavy atom. The summed E-state index contributed by atoms with van der Waals surface area (Å²) in [5.74, 6) is 0. The third-order valence-corrected chi connectivity index (χ3v) is 4.27. The van der Waals surface area contributed by atoms with Crippen LogP contribution in [0.15, 0.2) is 44.7 Å². The van der Waals surface area contributed by atoms with Gasteiger partial charge in [0.2, 0.25) is 10.9 Å². The molecular weight excluding hydrogens is 306 g/mol. The summed E-state index contributed by atoms with van der Waals surface area (Å²) in [6, 6.07) is 9.20. The van der Waals surface area contributed by atoms with Gasteiger partial charge >= 0.3 is 0 Å². The zero-order valence-corrected chi connectivity index (χ0v) is 13.9. The van der Waals surface area contributed by atoms with Crippen molar-refractivity contribution in [1.29, 1.82) is 0 Å². The Hall–Kier alpha value is -2.89. The lowest BCUT2D eigenvalue weighted by molar-refractivity contribution is 0.630. The highest BCUT2D eigenvalue weighted by atomic mass is 16.2. The minimum absolute atomic E-state index is 0.209. The number of nitrogens with one attached hydrogen (secondary N) is 1. The van der Waals surface area contributed by atoms with Crippen LogP contribution in [0.1, 0.15) is 19.0 Å². The van der Waals surface area contributed by atoms with Crippen molar-refractivity contribution < 1.29 is 0 Å². The molecule has 3 rings (SSSR count). The van der Waals surface area contributed by atoms with Gasteiger partial charge in [0, 0.05) is 19.3 Å². The van der Waals surface area contributed by atoms with Gasteiger partial charge in [-0.05, 0) is 25.5 Å². The average Bonchev–Trinajstić information content (AvgIpc) is 2.81. The first-order chi connectivity index (χ1) is 11.5. The van der Waals surface area contributed by atoms with Crippen molar-refractivity contribution in [2.75, 3.05) is 11.9 Å². The Morgan fingerprint density at radius 3 is 2.29 bits per heavy atom. The zero-order valence-electron chi connectivity index (χ0n) is 13.9. The number of benzene rings is 1. The molecule has 0 amide bonds. The van der Waals surface area contributed by atoms with Crippen LogP contribution < -0.4 is 21.7 Å². The second-order valence-electron chi connectivity index (χ2n) is 5.77. The van der Waals surface area contributed by atoms with E-state index in [9.17, 15) is 14.4 Å². The molecule has 0 spiro atoms. The van der Waals surface area contributed by atoms with Gasteiger partial charge in [-0.15, -0.1) is 0 Å². The predicted molar refractivity (Wildman–Crippen MR) is 94.9 cm³/mol. The first-order valence-corrected chi connectivity index (χ1v) is 7.90. The van der Waals surface area contributed by atoms with Crippen LogP contribution in [0.2, 0.25) is 0 Å². The van der Waals surface area contributed by atoms with Gasteiger partial charge in [-0.3, -0.25) is 19.1 Å². The van der Waals surface area contributed by atoms with Gasteiger partial charge in [-0.1, -0.05) is 25.1 Å². The van der Waals surface area contributed by atoms with Crippen molar-refractivity contribution in [3.05, 3.63) is 66.8 Å². The summed E-state index contributed by atoms with van der Waals surface area (Å²) >= 11 is 0. The summed E-state index contributed by atoms with van der Waals surface area (Å²) in [6.45, 7) is 4.32. The fourth-order valence-corrected chi connectivity index (χ4v) is 2.91. The molecule has 1 N–H and O–H groups in total. The molecule has 2 aromatic carbocycles. The van der Waals surface area contributed by atoms with Crippen molar-refractivity contribution in [3.8, 4) is 16.8 Å². The molecule has 1 heterocycles. The number of rotatable bonds is 5. The highest BCUT2D eigenvalue weighted by molar-refractivity contribution is 5.83. The van der Waals surface area contributed by atoms with Gasteiger partial charge in [-0.2, -0.15) is 0 Å². The van der Waals surface area contributed by atoms with Crippen molar-refractivity contribution in [3.63, 3.8) is 0 Å². The largest absolute Gasteiger partial charge is 0.381 e. The fourth-order valence-electron chi connectivity index (χ4n) is 2.91. The third-order valence-electron chi connectivity index (χ3n) is 4.27. The molecule has 0 aliphatic heterocycles. The zero-order chi connectivity index (χ0) is 17.4. The predicted octanol–water partition coefficient (Wildman–Crippen LogP) is 1.57. The maximum Gasteiger partial charge on any atom is 0.279 e. The van der Waals surface area contributed by atoms with Crippen LogP contribution in [0.4, 0.5) is 5.69 Å². The fraction of sp³-hybridized carbons (Fsp3) is 0.278. The number of nitrogens with zero attached hydrogens (tertiary/aromatic N) is 2. The summed E-state index contributed by atoms with van der Waals surface area (Å²) in [5.41, 5.74) is 0.676. The standard InChI is InChI=1S/C18H19N3O3/c1-4-10-19-15-14(16(22)17(15)23)13-11(2)20(3)21(18(13)24)12-8-6-5-7-9-12/h5-9,19H,4,10H2,1-3H3. The maximum atomic E-state index is 12.9. The minimum Gasteiger partial charge on any atom is -0.381 e. The summed E-state index contributed by atoms with van der Waals surface area (Å²) in [5, 5.41) is 2.97. The van der Waals surface area contributed by atoms with E-state index in [0.717, 1.165) is 6.42 Å². The molecule has 0 aliphatic carbocycles. The minimum atomic E-state index is -0.598. The second-order valence-corrected chi connectivity index (χ2v) is 5.77. The normalized spacial score (nSPS) is 11.1. The average molecular weight is 325 g/mol. The van der Waals surface area contributed by atoms with Crippen LogP contribution in [-0.4, -0.2) is 15.9 Å². The number of anilines is 1. The number of hydrogen-bond donors (Lipinski definition) is 1. The molecule has 0 unspecified atom stereocenters. The quantitative estimate of drug-likeness (QED) is 0.723. The molecule has 1 aromatic heterocycles. The van der Waals surface area contributed by atoms with Crippen molar-refractivity contribution in [2.24, 2.45) is 7.05 Å². The lowest BCUT2D eigenvalue weighted by Crippen LogP contribution is -2.37. The Balaban J connectivity index is 2.22. The van der Waals surface area contributed by atoms with Crippen LogP contribution in [-0.2, 0) is 7.05 Å². The maximum absolute atomic E-state index is 12.9. The van der Waals surface area contributed by atoms with E-state index in [1.165, 1.54) is 4.68 Å². The topological polar surface area (TPSA) is 73.1 Å². The van der Waals surface area contributed by atoms with Gasteiger partial charge in [0.25, 0.3) is 5.56 Å². The Labute approximate surface area is 138 Å². The smallest absolute Gasteiger partial charge is 0.279 e. The molecule has 0 radical (unpaired) electrons. The molecule has 0 bridgehead atoms. The van der Waals surface area contributed by atoms with Crippen LogP contribution in [0.25, 0.3) is 16.8 Å². The molecule has 0 fully saturated rings. The SMILES string of the molecule is CCCNc1c(-c2c(C)n(C)n(-c3ccccc3)c2=O)c(=O)c1=O. The van der Waals surface area contributed by atoms with Crippen LogP contribution in [0.3, 0.4) is 0 Å². The van der Waals surface area contributed by atoms with E-state index in [1.54, 1.807) is 18.7 Å². The van der Waals surface area contributed by atoms with Gasteiger partial charge < -0.3 is 5.32 Å². The molecule has 124 valence electrons. The molecule has 0 saturated heterocycles. The summed E-state index contributed by atoms with van der Waals surface area (Å²) in [7, 11) is 1.76. The molecule has 0 atom stereocenters. The van der Waals surface area contributed by atoms with Gasteiger partial charge in [-0.25, -0.2) is 4.68 Å². The van der Waals surface area contributed by atoms with Gasteiger partial charge in [0.1, 0.15) is 0 Å². The molecule has 0 saturated carbocycles. The lowest BCUT2D eigenvalue weighted by atomic mass is 9.99. The van der Waals surface area contributed by atoms with Crippen LogP contribution in [0.5, 0.6) is 0 Å². The Morgan fingerprint density at radius 1 is 1.00 bits per heavy atom. The molecule has 24 heavy (non-hydrogen) atoms. The molecule has 3 aromatic rings. The lowest BCUT2D eigenvalue weighted by Gasteiger charge is -2.11.